The molecule has 2 aromatic rings. The maximum absolute atomic E-state index is 12.1. The van der Waals surface area contributed by atoms with Crippen LogP contribution in [-0.4, -0.2) is 90.6 Å². The first-order valence-corrected chi connectivity index (χ1v) is 13.9. The fourth-order valence-corrected chi connectivity index (χ4v) is 3.36. The second-order valence-corrected chi connectivity index (χ2v) is 10.3. The van der Waals surface area contributed by atoms with E-state index in [2.05, 4.69) is 55.0 Å². The van der Waals surface area contributed by atoms with Crippen molar-refractivity contribution >= 4 is 41.5 Å². The summed E-state index contributed by atoms with van der Waals surface area (Å²) in [7, 11) is 3.15. The molecule has 0 saturated heterocycles. The molecule has 42 heavy (non-hydrogen) atoms. The highest BCUT2D eigenvalue weighted by Crippen LogP contribution is 2.20. The number of amides is 2. The fraction of sp³-hybridized carbons (Fsp3) is 0.517. The van der Waals surface area contributed by atoms with E-state index in [1.54, 1.807) is 46.3 Å². The summed E-state index contributed by atoms with van der Waals surface area (Å²) in [5.41, 5.74) is 1.30. The predicted molar refractivity (Wildman–Crippen MR) is 165 cm³/mol. The van der Waals surface area contributed by atoms with Crippen molar-refractivity contribution in [2.45, 2.75) is 52.6 Å². The van der Waals surface area contributed by atoms with Gasteiger partial charge in [0.25, 0.3) is 0 Å². The van der Waals surface area contributed by atoms with Crippen molar-refractivity contribution in [3.8, 4) is 11.8 Å². The molecule has 2 rings (SSSR count). The molecular weight excluding hydrogens is 538 g/mol. The van der Waals surface area contributed by atoms with Gasteiger partial charge in [0.1, 0.15) is 23.8 Å². The van der Waals surface area contributed by atoms with E-state index in [4.69, 9.17) is 14.9 Å². The molecule has 0 saturated carbocycles. The summed E-state index contributed by atoms with van der Waals surface area (Å²) in [5, 5.41) is 20.1. The van der Waals surface area contributed by atoms with Crippen LogP contribution in [0.15, 0.2) is 18.5 Å². The Kier molecular flexibility index (Phi) is 14.0. The SMILES string of the molecule is CCCNc1nc(Nc2cnc(NCCOC)c(C=N)c2)ncc1C#CCCCNC(=O)CN(C)C(=O)OC(C)(C)C. The van der Waals surface area contributed by atoms with Gasteiger partial charge in [-0.15, -0.1) is 0 Å². The predicted octanol–water partition coefficient (Wildman–Crippen LogP) is 3.61. The van der Waals surface area contributed by atoms with Crippen LogP contribution in [0, 0.1) is 17.3 Å². The molecule has 0 aliphatic carbocycles. The van der Waals surface area contributed by atoms with E-state index in [9.17, 15) is 9.59 Å². The number of pyridine rings is 1. The van der Waals surface area contributed by atoms with Gasteiger partial charge in [0.05, 0.1) is 30.3 Å². The van der Waals surface area contributed by atoms with E-state index >= 15 is 0 Å². The standard InChI is InChI=1S/C29H43N9O4/c1-7-12-32-26-21(11-9-8-10-13-31-24(39)20-38(5)28(40)42-29(2,3)4)18-35-27(37-26)36-23-16-22(17-30)25(34-19-23)33-14-15-41-6/h16-19,30H,7-8,10,12-15,20H2,1-6H3,(H,31,39)(H,33,34)(H2,32,35,36,37). The first kappa shape index (κ1) is 33.8. The van der Waals surface area contributed by atoms with Crippen LogP contribution in [0.5, 0.6) is 0 Å². The van der Waals surface area contributed by atoms with Gasteiger partial charge in [0, 0.05) is 52.0 Å². The molecule has 0 unspecified atom stereocenters. The number of likely N-dealkylation sites (N-methyl/N-ethyl adjacent to an activating group) is 1. The van der Waals surface area contributed by atoms with Crippen molar-refractivity contribution in [2.75, 3.05) is 62.9 Å². The average molecular weight is 582 g/mol. The van der Waals surface area contributed by atoms with E-state index in [0.717, 1.165) is 13.0 Å². The number of aromatic nitrogens is 3. The lowest BCUT2D eigenvalue weighted by Crippen LogP contribution is -2.41. The van der Waals surface area contributed by atoms with Crippen molar-refractivity contribution in [1.29, 1.82) is 5.41 Å². The lowest BCUT2D eigenvalue weighted by atomic mass is 10.2. The van der Waals surface area contributed by atoms with Crippen LogP contribution in [0.25, 0.3) is 0 Å². The summed E-state index contributed by atoms with van der Waals surface area (Å²) in [5.74, 6) is 7.53. The van der Waals surface area contributed by atoms with E-state index in [1.165, 1.54) is 18.2 Å². The normalized spacial score (nSPS) is 10.6. The summed E-state index contributed by atoms with van der Waals surface area (Å²) in [6, 6.07) is 1.79. The molecule has 0 aliphatic rings. The first-order chi connectivity index (χ1) is 20.1. The highest BCUT2D eigenvalue weighted by atomic mass is 16.6. The molecule has 2 aromatic heterocycles. The summed E-state index contributed by atoms with van der Waals surface area (Å²) >= 11 is 0. The number of ether oxygens (including phenoxy) is 2. The Morgan fingerprint density at radius 1 is 1.12 bits per heavy atom. The lowest BCUT2D eigenvalue weighted by molar-refractivity contribution is -0.122. The van der Waals surface area contributed by atoms with Gasteiger partial charge in [-0.05, 0) is 39.7 Å². The largest absolute Gasteiger partial charge is 0.444 e. The molecule has 5 N–H and O–H groups in total. The Morgan fingerprint density at radius 2 is 1.88 bits per heavy atom. The van der Waals surface area contributed by atoms with Gasteiger partial charge in [0.15, 0.2) is 0 Å². The summed E-state index contributed by atoms with van der Waals surface area (Å²) in [6.45, 7) is 9.56. The van der Waals surface area contributed by atoms with Gasteiger partial charge in [-0.25, -0.2) is 14.8 Å². The third-order valence-electron chi connectivity index (χ3n) is 5.37. The van der Waals surface area contributed by atoms with Crippen molar-refractivity contribution < 1.29 is 19.1 Å². The number of carbonyl (C=O) groups is 2. The number of hydrogen-bond donors (Lipinski definition) is 5. The van der Waals surface area contributed by atoms with Gasteiger partial charge in [-0.3, -0.25) is 4.79 Å². The molecule has 2 amide bonds. The van der Waals surface area contributed by atoms with Gasteiger partial charge in [-0.2, -0.15) is 4.98 Å². The van der Waals surface area contributed by atoms with Gasteiger partial charge in [0.2, 0.25) is 11.9 Å². The van der Waals surface area contributed by atoms with Crippen LogP contribution in [0.1, 0.15) is 58.1 Å². The van der Waals surface area contributed by atoms with Crippen LogP contribution < -0.4 is 21.3 Å². The third kappa shape index (κ3) is 12.4. The molecule has 0 aromatic carbocycles. The number of nitrogens with one attached hydrogen (secondary N) is 5. The number of unbranched alkanes of at least 4 members (excludes halogenated alkanes) is 1. The van der Waals surface area contributed by atoms with Gasteiger partial charge >= 0.3 is 6.09 Å². The fourth-order valence-electron chi connectivity index (χ4n) is 3.36. The van der Waals surface area contributed by atoms with E-state index in [0.29, 0.717) is 66.9 Å². The maximum atomic E-state index is 12.1. The number of methoxy groups -OCH3 is 1. The molecule has 0 spiro atoms. The summed E-state index contributed by atoms with van der Waals surface area (Å²) in [6.07, 6.45) is 6.09. The van der Waals surface area contributed by atoms with Crippen LogP contribution in [-0.2, 0) is 14.3 Å². The second-order valence-electron chi connectivity index (χ2n) is 10.3. The number of anilines is 4. The zero-order valence-electron chi connectivity index (χ0n) is 25.4. The minimum Gasteiger partial charge on any atom is -0.444 e. The first-order valence-electron chi connectivity index (χ1n) is 13.9. The monoisotopic (exact) mass is 581 g/mol. The summed E-state index contributed by atoms with van der Waals surface area (Å²) < 4.78 is 10.3. The van der Waals surface area contributed by atoms with E-state index < -0.39 is 11.7 Å². The van der Waals surface area contributed by atoms with Crippen LogP contribution >= 0.6 is 0 Å². The van der Waals surface area contributed by atoms with E-state index in [-0.39, 0.29) is 12.5 Å². The number of nitrogens with zero attached hydrogens (tertiary/aromatic N) is 4. The minimum atomic E-state index is -0.620. The highest BCUT2D eigenvalue weighted by molar-refractivity contribution is 5.86. The smallest absolute Gasteiger partial charge is 0.410 e. The van der Waals surface area contributed by atoms with Crippen molar-refractivity contribution in [3.05, 3.63) is 29.6 Å². The summed E-state index contributed by atoms with van der Waals surface area (Å²) in [4.78, 5) is 38.8. The second kappa shape index (κ2) is 17.4. The Labute approximate surface area is 248 Å². The maximum Gasteiger partial charge on any atom is 0.410 e. The Hall–Kier alpha value is -4.44. The zero-order chi connectivity index (χ0) is 31.0. The molecule has 0 aliphatic heterocycles. The Bertz CT molecular complexity index is 1250. The molecular formula is C29H43N9O4. The molecule has 13 nitrogen and oxygen atoms in total. The molecule has 0 bridgehead atoms. The molecule has 13 heteroatoms. The quantitative estimate of drug-likeness (QED) is 0.119. The van der Waals surface area contributed by atoms with Gasteiger partial charge in [-0.1, -0.05) is 18.8 Å². The highest BCUT2D eigenvalue weighted by Gasteiger charge is 2.20. The van der Waals surface area contributed by atoms with Crippen LogP contribution in [0.3, 0.4) is 0 Å². The van der Waals surface area contributed by atoms with Crippen molar-refractivity contribution in [2.24, 2.45) is 0 Å². The molecule has 0 fully saturated rings. The zero-order valence-corrected chi connectivity index (χ0v) is 25.4. The van der Waals surface area contributed by atoms with Crippen LogP contribution in [0.4, 0.5) is 28.1 Å². The van der Waals surface area contributed by atoms with Crippen LogP contribution in [0.2, 0.25) is 0 Å². The molecule has 0 atom stereocenters. The molecule has 2 heterocycles. The van der Waals surface area contributed by atoms with Crippen molar-refractivity contribution in [1.82, 2.24) is 25.2 Å². The third-order valence-corrected chi connectivity index (χ3v) is 5.37. The van der Waals surface area contributed by atoms with E-state index in [1.807, 2.05) is 0 Å². The topological polar surface area (TPSA) is 166 Å². The number of carbonyl (C=O) groups excluding carboxylic acids is 2. The van der Waals surface area contributed by atoms with Crippen molar-refractivity contribution in [3.63, 3.8) is 0 Å². The molecule has 228 valence electrons. The minimum absolute atomic E-state index is 0.0844. The average Bonchev–Trinajstić information content (AvgIpc) is 2.94. The van der Waals surface area contributed by atoms with Gasteiger partial charge < -0.3 is 41.1 Å². The Balaban J connectivity index is 1.94. The lowest BCUT2D eigenvalue weighted by Gasteiger charge is -2.24. The number of hydrogen-bond acceptors (Lipinski definition) is 11. The Morgan fingerprint density at radius 3 is 2.57 bits per heavy atom. The molecule has 0 radical (unpaired) electrons. The number of rotatable bonds is 15.